The molecule has 0 bridgehead atoms. The number of para-hydroxylation sites is 1. The molecule has 4 rings (SSSR count). The van der Waals surface area contributed by atoms with Crippen LogP contribution in [0.1, 0.15) is 11.1 Å². The van der Waals surface area contributed by atoms with Crippen molar-refractivity contribution < 1.29 is 22.4 Å². The standard InChI is InChI=1S/C23H15F3N2O3/c24-23(25,26)16-6-1-4-14(10-16)20-12-19(29)18-8-2-5-15(22(18)31-20)11-21(30)28-17-7-3-9-27-13-17/h1-10,12-13H,11H2,(H,28,30). The van der Waals surface area contributed by atoms with Gasteiger partial charge in [-0.1, -0.05) is 24.3 Å². The molecule has 156 valence electrons. The van der Waals surface area contributed by atoms with Crippen LogP contribution in [0.3, 0.4) is 0 Å². The highest BCUT2D eigenvalue weighted by Crippen LogP contribution is 2.32. The van der Waals surface area contributed by atoms with Gasteiger partial charge < -0.3 is 9.73 Å². The molecule has 31 heavy (non-hydrogen) atoms. The number of hydrogen-bond donors (Lipinski definition) is 1. The van der Waals surface area contributed by atoms with Crippen LogP contribution < -0.4 is 10.7 Å². The van der Waals surface area contributed by atoms with Crippen LogP contribution >= 0.6 is 0 Å². The van der Waals surface area contributed by atoms with Gasteiger partial charge in [-0.2, -0.15) is 13.2 Å². The molecule has 2 aromatic carbocycles. The third-order valence-corrected chi connectivity index (χ3v) is 4.61. The molecule has 0 aliphatic rings. The first-order valence-electron chi connectivity index (χ1n) is 9.24. The Morgan fingerprint density at radius 3 is 2.58 bits per heavy atom. The minimum atomic E-state index is -4.53. The van der Waals surface area contributed by atoms with E-state index in [0.717, 1.165) is 18.2 Å². The lowest BCUT2D eigenvalue weighted by molar-refractivity contribution is -0.137. The van der Waals surface area contributed by atoms with Crippen molar-refractivity contribution in [3.05, 3.63) is 94.4 Å². The summed E-state index contributed by atoms with van der Waals surface area (Å²) in [6.45, 7) is 0. The molecule has 0 unspecified atom stereocenters. The smallest absolute Gasteiger partial charge is 0.416 e. The van der Waals surface area contributed by atoms with Gasteiger partial charge in [-0.15, -0.1) is 0 Å². The predicted molar refractivity (Wildman–Crippen MR) is 109 cm³/mol. The molecular formula is C23H15F3N2O3. The van der Waals surface area contributed by atoms with Gasteiger partial charge in [-0.05, 0) is 30.3 Å². The van der Waals surface area contributed by atoms with E-state index in [-0.39, 0.29) is 34.6 Å². The SMILES string of the molecule is O=C(Cc1cccc2c(=O)cc(-c3cccc(C(F)(F)F)c3)oc12)Nc1cccnc1. The fourth-order valence-electron chi connectivity index (χ4n) is 3.18. The van der Waals surface area contributed by atoms with Crippen molar-refractivity contribution in [2.24, 2.45) is 0 Å². The van der Waals surface area contributed by atoms with Gasteiger partial charge in [0.05, 0.1) is 29.3 Å². The van der Waals surface area contributed by atoms with Crippen molar-refractivity contribution >= 4 is 22.6 Å². The summed E-state index contributed by atoms with van der Waals surface area (Å²) in [4.78, 5) is 29.0. The number of alkyl halides is 3. The highest BCUT2D eigenvalue weighted by Gasteiger charge is 2.30. The first-order valence-corrected chi connectivity index (χ1v) is 9.24. The fraction of sp³-hybridized carbons (Fsp3) is 0.0870. The summed E-state index contributed by atoms with van der Waals surface area (Å²) in [6, 6.07) is 13.8. The van der Waals surface area contributed by atoms with E-state index in [1.165, 1.54) is 18.3 Å². The Labute approximate surface area is 174 Å². The first-order chi connectivity index (χ1) is 14.8. The lowest BCUT2D eigenvalue weighted by atomic mass is 10.0. The molecule has 0 atom stereocenters. The molecule has 0 saturated carbocycles. The number of hydrogen-bond acceptors (Lipinski definition) is 4. The van der Waals surface area contributed by atoms with Crippen LogP contribution in [0.25, 0.3) is 22.3 Å². The zero-order chi connectivity index (χ0) is 22.0. The van der Waals surface area contributed by atoms with Gasteiger partial charge in [0, 0.05) is 23.4 Å². The topological polar surface area (TPSA) is 72.2 Å². The van der Waals surface area contributed by atoms with E-state index in [4.69, 9.17) is 4.42 Å². The molecule has 0 spiro atoms. The lowest BCUT2D eigenvalue weighted by Crippen LogP contribution is -2.15. The number of halogens is 3. The highest BCUT2D eigenvalue weighted by atomic mass is 19.4. The maximum atomic E-state index is 13.1. The molecule has 0 aliphatic heterocycles. The number of carbonyl (C=O) groups excluding carboxylic acids is 1. The van der Waals surface area contributed by atoms with Crippen molar-refractivity contribution in [2.45, 2.75) is 12.6 Å². The van der Waals surface area contributed by atoms with Crippen molar-refractivity contribution in [3.8, 4) is 11.3 Å². The summed E-state index contributed by atoms with van der Waals surface area (Å²) in [6.07, 6.45) is -1.55. The van der Waals surface area contributed by atoms with Gasteiger partial charge in [0.15, 0.2) is 5.43 Å². The normalized spacial score (nSPS) is 11.5. The van der Waals surface area contributed by atoms with Crippen LogP contribution in [-0.2, 0) is 17.4 Å². The van der Waals surface area contributed by atoms with E-state index >= 15 is 0 Å². The number of amides is 1. The number of benzene rings is 2. The molecule has 8 heteroatoms. The molecule has 0 fully saturated rings. The molecule has 2 heterocycles. The predicted octanol–water partition coefficient (Wildman–Crippen LogP) is 5.06. The number of anilines is 1. The van der Waals surface area contributed by atoms with Gasteiger partial charge in [-0.3, -0.25) is 14.6 Å². The van der Waals surface area contributed by atoms with Crippen LogP contribution in [0, 0.1) is 0 Å². The maximum Gasteiger partial charge on any atom is 0.416 e. The second-order valence-corrected chi connectivity index (χ2v) is 6.81. The Morgan fingerprint density at radius 2 is 1.84 bits per heavy atom. The van der Waals surface area contributed by atoms with E-state index in [0.29, 0.717) is 11.3 Å². The van der Waals surface area contributed by atoms with E-state index < -0.39 is 17.2 Å². The summed E-state index contributed by atoms with van der Waals surface area (Å²) in [5.74, 6) is -0.365. The van der Waals surface area contributed by atoms with E-state index in [9.17, 15) is 22.8 Å². The maximum absolute atomic E-state index is 13.1. The van der Waals surface area contributed by atoms with Crippen LogP contribution in [0.2, 0.25) is 0 Å². The fourth-order valence-corrected chi connectivity index (χ4v) is 3.18. The molecule has 0 aliphatic carbocycles. The average molecular weight is 424 g/mol. The number of nitrogens with zero attached hydrogens (tertiary/aromatic N) is 1. The van der Waals surface area contributed by atoms with Gasteiger partial charge in [0.2, 0.25) is 5.91 Å². The number of nitrogens with one attached hydrogen (secondary N) is 1. The van der Waals surface area contributed by atoms with Crippen molar-refractivity contribution in [1.82, 2.24) is 4.98 Å². The van der Waals surface area contributed by atoms with Crippen molar-refractivity contribution in [1.29, 1.82) is 0 Å². The van der Waals surface area contributed by atoms with Gasteiger partial charge in [0.1, 0.15) is 11.3 Å². The molecule has 1 N–H and O–H groups in total. The monoisotopic (exact) mass is 424 g/mol. The van der Waals surface area contributed by atoms with Gasteiger partial charge >= 0.3 is 6.18 Å². The molecule has 0 saturated heterocycles. The Hall–Kier alpha value is -3.94. The minimum absolute atomic E-state index is 0.0104. The Kier molecular flexibility index (Phi) is 5.29. The summed E-state index contributed by atoms with van der Waals surface area (Å²) >= 11 is 0. The number of fused-ring (bicyclic) bond motifs is 1. The third-order valence-electron chi connectivity index (χ3n) is 4.61. The Balaban J connectivity index is 1.73. The summed E-state index contributed by atoms with van der Waals surface area (Å²) < 4.78 is 45.0. The van der Waals surface area contributed by atoms with Crippen LogP contribution in [-0.4, -0.2) is 10.9 Å². The van der Waals surface area contributed by atoms with E-state index in [2.05, 4.69) is 10.3 Å². The number of aromatic nitrogens is 1. The number of pyridine rings is 1. The summed E-state index contributed by atoms with van der Waals surface area (Å²) in [5, 5.41) is 2.93. The lowest BCUT2D eigenvalue weighted by Gasteiger charge is -2.10. The highest BCUT2D eigenvalue weighted by molar-refractivity contribution is 5.94. The van der Waals surface area contributed by atoms with Crippen molar-refractivity contribution in [3.63, 3.8) is 0 Å². The largest absolute Gasteiger partial charge is 0.456 e. The molecule has 4 aromatic rings. The van der Waals surface area contributed by atoms with Gasteiger partial charge in [0.25, 0.3) is 0 Å². The van der Waals surface area contributed by atoms with E-state index in [1.54, 1.807) is 36.5 Å². The van der Waals surface area contributed by atoms with Crippen LogP contribution in [0.4, 0.5) is 18.9 Å². The average Bonchev–Trinajstić information content (AvgIpc) is 2.74. The number of carbonyl (C=O) groups is 1. The zero-order valence-electron chi connectivity index (χ0n) is 15.9. The number of rotatable bonds is 4. The van der Waals surface area contributed by atoms with Crippen LogP contribution in [0.15, 0.2) is 82.3 Å². The Bertz CT molecular complexity index is 1320. The van der Waals surface area contributed by atoms with Crippen molar-refractivity contribution in [2.75, 3.05) is 5.32 Å². The molecule has 2 aromatic heterocycles. The van der Waals surface area contributed by atoms with Gasteiger partial charge in [-0.25, -0.2) is 0 Å². The minimum Gasteiger partial charge on any atom is -0.456 e. The molecular weight excluding hydrogens is 409 g/mol. The second-order valence-electron chi connectivity index (χ2n) is 6.81. The first kappa shape index (κ1) is 20.3. The van der Waals surface area contributed by atoms with Crippen LogP contribution in [0.5, 0.6) is 0 Å². The third kappa shape index (κ3) is 4.48. The van der Waals surface area contributed by atoms with E-state index in [1.807, 2.05) is 0 Å². The quantitative estimate of drug-likeness (QED) is 0.497. The molecule has 0 radical (unpaired) electrons. The molecule has 1 amide bonds. The Morgan fingerprint density at radius 1 is 1.03 bits per heavy atom. The summed E-state index contributed by atoms with van der Waals surface area (Å²) in [7, 11) is 0. The summed E-state index contributed by atoms with van der Waals surface area (Å²) in [5.41, 5.74) is -0.0455. The molecule has 5 nitrogen and oxygen atoms in total. The zero-order valence-corrected chi connectivity index (χ0v) is 15.9. The second kappa shape index (κ2) is 8.06.